The average molecular weight is 1830 g/mol. The van der Waals surface area contributed by atoms with E-state index in [2.05, 4.69) is 421 Å². The lowest BCUT2D eigenvalue weighted by atomic mass is 10.00. The van der Waals surface area contributed by atoms with E-state index in [1.54, 1.807) is 11.3 Å². The van der Waals surface area contributed by atoms with Crippen LogP contribution in [0.1, 0.15) is 200 Å². The number of hydrogen-bond donors (Lipinski definition) is 0. The molecular formula is C123H163N9S2+6. The molecule has 134 heavy (non-hydrogen) atoms. The predicted molar refractivity (Wildman–Crippen MR) is 595 cm³/mol. The van der Waals surface area contributed by atoms with Crippen molar-refractivity contribution in [2.45, 2.75) is 208 Å². The number of benzene rings is 11. The zero-order chi connectivity index (χ0) is 100. The maximum atomic E-state index is 4.66. The fourth-order valence-electron chi connectivity index (χ4n) is 14.7. The third-order valence-corrected chi connectivity index (χ3v) is 22.6. The van der Waals surface area contributed by atoms with E-state index in [1.165, 1.54) is 158 Å². The highest BCUT2D eigenvalue weighted by molar-refractivity contribution is 7.26. The molecule has 8 heterocycles. The minimum atomic E-state index is 1.04. The third kappa shape index (κ3) is 31.2. The Morgan fingerprint density at radius 1 is 0.239 bits per heavy atom. The summed E-state index contributed by atoms with van der Waals surface area (Å²) in [6, 6.07) is 104. The molecule has 9 nitrogen and oxygen atoms in total. The van der Waals surface area contributed by atoms with E-state index < -0.39 is 0 Å². The molecule has 0 saturated heterocycles. The van der Waals surface area contributed by atoms with Gasteiger partial charge in [-0.2, -0.15) is 4.57 Å². The van der Waals surface area contributed by atoms with Crippen molar-refractivity contribution in [2.24, 2.45) is 42.3 Å². The summed E-state index contributed by atoms with van der Waals surface area (Å²) in [7, 11) is 12.5. The molecular weight excluding hydrogens is 1670 g/mol. The molecule has 0 atom stereocenters. The summed E-state index contributed by atoms with van der Waals surface area (Å²) in [6.45, 7) is 60.9. The smallest absolute Gasteiger partial charge is 0.232 e. The summed E-state index contributed by atoms with van der Waals surface area (Å²) in [4.78, 5) is 13.5. The predicted octanol–water partition coefficient (Wildman–Crippen LogP) is 33.6. The van der Waals surface area contributed by atoms with Gasteiger partial charge in [0.2, 0.25) is 28.1 Å². The first-order valence-corrected chi connectivity index (χ1v) is 50.9. The van der Waals surface area contributed by atoms with Crippen LogP contribution in [0, 0.1) is 41.5 Å². The lowest BCUT2D eigenvalue weighted by Crippen LogP contribution is -2.32. The fraction of sp³-hybridized carbons (Fsp3) is 0.293. The molecule has 0 fully saturated rings. The molecule has 0 radical (unpaired) electrons. The largest absolute Gasteiger partial charge is 0.287 e. The number of aryl methyl sites for hydroxylation is 12. The fourth-order valence-corrected chi connectivity index (χ4v) is 16.9. The standard InChI is InChI=1S/C18H15N2S.3C17H16N.C16H15N2.C14H13N2S.12C2H6/c1-12-7-3-4-8-13(12)17-18-16(19-11-20(17)2)14-9-5-6-10-15(14)21-18;1-13-7-3-6-10-16(13)17-11-14-8-4-5-9-15(14)12-18(17)2;1-13-7-3-5-9-15(13)17-16-10-6-4-8-14(16)11-12-18(17)2;1-13-7-3-5-9-15(13)17-12-11-14-8-4-6-10-16(14)18(17)2;1-12-7-3-4-8-13(12)16-14-9-5-6-10-15(14)17-11-18(16)2;1-10-5-3-4-6-11(10)13-14-12(7-8-17-14)15-9-16(13)2;12*1-2/h3-11H,1-2H3;3*3-12H,1-2H3;3-11H,1-2H3;3-9H,1-2H3;12*1-2H3/q6*+1;;;;;;;;;;;;. The molecule has 11 heteroatoms. The molecule has 0 aliphatic carbocycles. The summed E-state index contributed by atoms with van der Waals surface area (Å²) in [6.07, 6.45) is 10.0. The lowest BCUT2D eigenvalue weighted by Gasteiger charge is -2.08. The summed E-state index contributed by atoms with van der Waals surface area (Å²) in [5.74, 6) is 0. The van der Waals surface area contributed by atoms with Gasteiger partial charge in [-0.1, -0.05) is 366 Å². The Bertz CT molecular complexity index is 6370. The molecule has 0 amide bonds. The van der Waals surface area contributed by atoms with Crippen molar-refractivity contribution in [3.63, 3.8) is 0 Å². The summed E-state index contributed by atoms with van der Waals surface area (Å²) in [5, 5.41) is 11.0. The molecule has 0 N–H and O–H groups in total. The molecule has 19 rings (SSSR count). The monoisotopic (exact) mass is 1830 g/mol. The van der Waals surface area contributed by atoms with Crippen molar-refractivity contribution in [1.29, 1.82) is 0 Å². The number of rotatable bonds is 6. The second-order valence-corrected chi connectivity index (χ2v) is 30.0. The SMILES string of the molecule is CC.CC.CC.CC.CC.CC.CC.CC.CC.CC.CC.CC.Cc1ccccc1-c1c2ccccc2cc[n+]1C.Cc1ccccc1-c1c2ccccc2nc[n+]1C.Cc1ccccc1-c1c2sc3ccccc3c2nc[n+]1C.Cc1ccccc1-c1c2sccc2nc[n+]1C.Cc1ccccc1-c1cc2ccccc2c[n+]1C.Cc1ccccc1-c1ccc2ccccc2[n+]1C. The normalized spacial score (nSPS) is 9.49. The van der Waals surface area contributed by atoms with Crippen molar-refractivity contribution in [3.05, 3.63) is 367 Å². The van der Waals surface area contributed by atoms with Gasteiger partial charge in [-0.05, 0) is 173 Å². The van der Waals surface area contributed by atoms with Crippen LogP contribution in [0.2, 0.25) is 0 Å². The molecule has 706 valence electrons. The Kier molecular flexibility index (Phi) is 57.7. The minimum absolute atomic E-state index is 1.04. The maximum Gasteiger partial charge on any atom is 0.287 e. The topological polar surface area (TPSA) is 62.0 Å². The van der Waals surface area contributed by atoms with Gasteiger partial charge >= 0.3 is 0 Å². The van der Waals surface area contributed by atoms with Gasteiger partial charge in [-0.15, -0.1) is 22.7 Å². The van der Waals surface area contributed by atoms with Crippen LogP contribution in [-0.2, 0) is 42.3 Å². The Labute approximate surface area is 818 Å². The summed E-state index contributed by atoms with van der Waals surface area (Å²) in [5.41, 5.74) is 27.5. The molecule has 11 aromatic carbocycles. The van der Waals surface area contributed by atoms with Gasteiger partial charge in [-0.3, -0.25) is 0 Å². The number of hydrogen-bond acceptors (Lipinski definition) is 5. The van der Waals surface area contributed by atoms with Gasteiger partial charge in [0, 0.05) is 84.6 Å². The molecule has 8 aromatic heterocycles. The molecule has 0 aliphatic heterocycles. The van der Waals surface area contributed by atoms with E-state index in [1.807, 2.05) is 217 Å². The van der Waals surface area contributed by atoms with Crippen LogP contribution < -0.4 is 27.4 Å². The Balaban J connectivity index is 0.000000520. The second kappa shape index (κ2) is 65.8. The first-order valence-electron chi connectivity index (χ1n) is 49.2. The molecule has 0 unspecified atom stereocenters. The third-order valence-electron chi connectivity index (χ3n) is 20.5. The van der Waals surface area contributed by atoms with E-state index in [4.69, 9.17) is 0 Å². The second-order valence-electron chi connectivity index (χ2n) is 28.0. The molecule has 0 spiro atoms. The zero-order valence-electron chi connectivity index (χ0n) is 88.6. The van der Waals surface area contributed by atoms with Crippen molar-refractivity contribution < 1.29 is 27.4 Å². The number of fused-ring (bicyclic) bond motifs is 8. The van der Waals surface area contributed by atoms with Gasteiger partial charge in [-0.25, -0.2) is 22.8 Å². The number of pyridine rings is 3. The highest BCUT2D eigenvalue weighted by atomic mass is 32.1. The number of nitrogens with zero attached hydrogens (tertiary/aromatic N) is 9. The van der Waals surface area contributed by atoms with Crippen LogP contribution in [0.15, 0.2) is 334 Å². The van der Waals surface area contributed by atoms with E-state index >= 15 is 0 Å². The molecule has 0 aliphatic rings. The zero-order valence-corrected chi connectivity index (χ0v) is 90.2. The molecule has 0 bridgehead atoms. The van der Waals surface area contributed by atoms with Crippen LogP contribution in [0.4, 0.5) is 0 Å². The Morgan fingerprint density at radius 2 is 0.582 bits per heavy atom. The Morgan fingerprint density at radius 3 is 1.06 bits per heavy atom. The van der Waals surface area contributed by atoms with Gasteiger partial charge < -0.3 is 0 Å². The van der Waals surface area contributed by atoms with Crippen LogP contribution in [0.25, 0.3) is 141 Å². The number of para-hydroxylation sites is 2. The molecule has 0 saturated carbocycles. The van der Waals surface area contributed by atoms with Gasteiger partial charge in [0.25, 0.3) is 19.0 Å². The van der Waals surface area contributed by atoms with Gasteiger partial charge in [0.05, 0.1) is 31.9 Å². The number of thiophene rings is 2. The lowest BCUT2D eigenvalue weighted by molar-refractivity contribution is -0.662. The maximum absolute atomic E-state index is 4.66. The summed E-state index contributed by atoms with van der Waals surface area (Å²) < 4.78 is 16.8. The average Bonchev–Trinajstić information content (AvgIpc) is 1.64. The molecule has 19 aromatic rings. The van der Waals surface area contributed by atoms with Crippen LogP contribution in [-0.4, -0.2) is 15.0 Å². The van der Waals surface area contributed by atoms with E-state index in [9.17, 15) is 0 Å². The van der Waals surface area contributed by atoms with Crippen molar-refractivity contribution in [1.82, 2.24) is 15.0 Å². The van der Waals surface area contributed by atoms with Crippen molar-refractivity contribution in [3.8, 4) is 67.5 Å². The first kappa shape index (κ1) is 117. The highest BCUT2D eigenvalue weighted by Gasteiger charge is 2.24. The van der Waals surface area contributed by atoms with Crippen molar-refractivity contribution in [2.75, 3.05) is 0 Å². The van der Waals surface area contributed by atoms with Crippen molar-refractivity contribution >= 4 is 96.5 Å². The van der Waals surface area contributed by atoms with Crippen LogP contribution >= 0.6 is 22.7 Å². The van der Waals surface area contributed by atoms with E-state index in [0.717, 1.165) is 16.6 Å². The quantitative estimate of drug-likeness (QED) is 0.156. The van der Waals surface area contributed by atoms with Crippen LogP contribution in [0.3, 0.4) is 0 Å². The number of aromatic nitrogens is 9. The van der Waals surface area contributed by atoms with E-state index in [0.29, 0.717) is 0 Å². The van der Waals surface area contributed by atoms with Gasteiger partial charge in [0.15, 0.2) is 34.8 Å². The van der Waals surface area contributed by atoms with E-state index in [-0.39, 0.29) is 0 Å². The summed E-state index contributed by atoms with van der Waals surface area (Å²) >= 11 is 3.57. The minimum Gasteiger partial charge on any atom is -0.232 e. The van der Waals surface area contributed by atoms with Gasteiger partial charge in [0.1, 0.15) is 36.2 Å². The first-order chi connectivity index (χ1) is 65.6. The van der Waals surface area contributed by atoms with Crippen LogP contribution in [0.5, 0.6) is 0 Å². The Hall–Kier alpha value is -12.7. The highest BCUT2D eigenvalue weighted by Crippen LogP contribution is 2.38.